The lowest BCUT2D eigenvalue weighted by Crippen LogP contribution is -2.48. The minimum atomic E-state index is 0.0929. The van der Waals surface area contributed by atoms with Crippen molar-refractivity contribution < 1.29 is 10.2 Å². The van der Waals surface area contributed by atoms with Crippen LogP contribution in [0.3, 0.4) is 0 Å². The van der Waals surface area contributed by atoms with Gasteiger partial charge in [-0.05, 0) is 115 Å². The van der Waals surface area contributed by atoms with Gasteiger partial charge in [-0.3, -0.25) is 0 Å². The van der Waals surface area contributed by atoms with Gasteiger partial charge in [-0.1, -0.05) is 37.3 Å². The van der Waals surface area contributed by atoms with Gasteiger partial charge in [-0.2, -0.15) is 0 Å². The molecule has 2 aromatic carbocycles. The second kappa shape index (κ2) is 7.57. The maximum atomic E-state index is 10.9. The van der Waals surface area contributed by atoms with E-state index < -0.39 is 0 Å². The van der Waals surface area contributed by atoms with E-state index >= 15 is 0 Å². The molecule has 0 spiro atoms. The van der Waals surface area contributed by atoms with Gasteiger partial charge in [0.05, 0.1) is 6.61 Å². The van der Waals surface area contributed by atoms with Crippen molar-refractivity contribution in [2.75, 3.05) is 6.61 Å². The summed E-state index contributed by atoms with van der Waals surface area (Å²) in [7, 11) is 0. The average Bonchev–Trinajstić information content (AvgIpc) is 2.73. The highest BCUT2D eigenvalue weighted by molar-refractivity contribution is 5.72. The highest BCUT2D eigenvalue weighted by Crippen LogP contribution is 2.62. The van der Waals surface area contributed by atoms with E-state index in [1.807, 2.05) is 13.0 Å². The molecule has 0 aromatic heterocycles. The van der Waals surface area contributed by atoms with Crippen LogP contribution in [0, 0.1) is 17.8 Å². The molecule has 6 rings (SSSR count). The number of phenolic OH excluding ortho intramolecular Hbond substituents is 1. The van der Waals surface area contributed by atoms with Gasteiger partial charge in [0.25, 0.3) is 0 Å². The first-order valence-corrected chi connectivity index (χ1v) is 11.7. The third-order valence-electron chi connectivity index (χ3n) is 8.09. The average molecular weight is 403 g/mol. The number of phenols is 1. The molecule has 2 nitrogen and oxygen atoms in total. The summed E-state index contributed by atoms with van der Waals surface area (Å²) in [6, 6.07) is 12.9. The first-order chi connectivity index (χ1) is 14.5. The molecule has 2 N–H and O–H groups in total. The molecule has 0 heterocycles. The van der Waals surface area contributed by atoms with Crippen molar-refractivity contribution in [1.29, 1.82) is 0 Å². The first-order valence-electron chi connectivity index (χ1n) is 11.7. The van der Waals surface area contributed by atoms with Gasteiger partial charge in [0.2, 0.25) is 0 Å². The Labute approximate surface area is 180 Å². The SMILES string of the molecule is CCc1cc(/C=C(\C)CO)ccc1-c1ccc(O)c(C23CC4CC(CC(C4)C2)C3)c1. The maximum Gasteiger partial charge on any atom is 0.119 e. The summed E-state index contributed by atoms with van der Waals surface area (Å²) in [5.41, 5.74) is 7.33. The summed E-state index contributed by atoms with van der Waals surface area (Å²) < 4.78 is 0. The van der Waals surface area contributed by atoms with Crippen LogP contribution in [0.5, 0.6) is 5.75 Å². The van der Waals surface area contributed by atoms with E-state index in [0.717, 1.165) is 35.3 Å². The van der Waals surface area contributed by atoms with Crippen molar-refractivity contribution in [3.8, 4) is 16.9 Å². The van der Waals surface area contributed by atoms with Crippen LogP contribution in [-0.4, -0.2) is 16.8 Å². The summed E-state index contributed by atoms with van der Waals surface area (Å²) in [4.78, 5) is 0. The topological polar surface area (TPSA) is 40.5 Å². The Morgan fingerprint density at radius 1 is 1.00 bits per heavy atom. The molecule has 158 valence electrons. The number of aryl methyl sites for hydroxylation is 1. The van der Waals surface area contributed by atoms with Gasteiger partial charge in [-0.25, -0.2) is 0 Å². The van der Waals surface area contributed by atoms with E-state index in [4.69, 9.17) is 0 Å². The van der Waals surface area contributed by atoms with Crippen molar-refractivity contribution >= 4 is 6.08 Å². The molecule has 2 aromatic rings. The fourth-order valence-corrected chi connectivity index (χ4v) is 7.18. The molecule has 4 saturated carbocycles. The molecular weight excluding hydrogens is 368 g/mol. The molecule has 0 amide bonds. The number of benzene rings is 2. The van der Waals surface area contributed by atoms with Crippen LogP contribution in [0.1, 0.15) is 69.1 Å². The summed E-state index contributed by atoms with van der Waals surface area (Å²) in [5.74, 6) is 3.10. The number of hydrogen-bond acceptors (Lipinski definition) is 2. The lowest BCUT2D eigenvalue weighted by Gasteiger charge is -2.57. The van der Waals surface area contributed by atoms with Crippen LogP contribution in [-0.2, 0) is 11.8 Å². The van der Waals surface area contributed by atoms with Crippen LogP contribution >= 0.6 is 0 Å². The highest BCUT2D eigenvalue weighted by Gasteiger charge is 2.52. The molecule has 4 bridgehead atoms. The number of aromatic hydroxyl groups is 1. The zero-order chi connectivity index (χ0) is 20.9. The Balaban J connectivity index is 1.54. The molecule has 2 heteroatoms. The third kappa shape index (κ3) is 3.39. The second-order valence-corrected chi connectivity index (χ2v) is 10.3. The zero-order valence-corrected chi connectivity index (χ0v) is 18.3. The van der Waals surface area contributed by atoms with E-state index in [9.17, 15) is 10.2 Å². The van der Waals surface area contributed by atoms with Crippen LogP contribution in [0.2, 0.25) is 0 Å². The van der Waals surface area contributed by atoms with Gasteiger partial charge >= 0.3 is 0 Å². The quantitative estimate of drug-likeness (QED) is 0.600. The first kappa shape index (κ1) is 19.9. The predicted octanol–water partition coefficient (Wildman–Crippen LogP) is 6.49. The van der Waals surface area contributed by atoms with Crippen LogP contribution < -0.4 is 0 Å². The van der Waals surface area contributed by atoms with Gasteiger partial charge < -0.3 is 10.2 Å². The van der Waals surface area contributed by atoms with Crippen LogP contribution in [0.25, 0.3) is 17.2 Å². The largest absolute Gasteiger partial charge is 0.508 e. The molecule has 4 aliphatic carbocycles. The Morgan fingerprint density at radius 2 is 1.67 bits per heavy atom. The van der Waals surface area contributed by atoms with Gasteiger partial charge in [0.1, 0.15) is 5.75 Å². The molecule has 0 radical (unpaired) electrons. The fraction of sp³-hybridized carbons (Fsp3) is 0.500. The Bertz CT molecular complexity index is 949. The molecular formula is C28H34O2. The molecule has 0 unspecified atom stereocenters. The van der Waals surface area contributed by atoms with Crippen molar-refractivity contribution in [3.05, 3.63) is 58.7 Å². The van der Waals surface area contributed by atoms with Crippen molar-refractivity contribution in [3.63, 3.8) is 0 Å². The van der Waals surface area contributed by atoms with Crippen molar-refractivity contribution in [1.82, 2.24) is 0 Å². The molecule has 0 saturated heterocycles. The highest BCUT2D eigenvalue weighted by atomic mass is 16.3. The summed E-state index contributed by atoms with van der Waals surface area (Å²) >= 11 is 0. The molecule has 0 atom stereocenters. The smallest absolute Gasteiger partial charge is 0.119 e. The summed E-state index contributed by atoms with van der Waals surface area (Å²) in [6.45, 7) is 4.25. The lowest BCUT2D eigenvalue weighted by molar-refractivity contribution is -0.00611. The Hall–Kier alpha value is -2.06. The maximum absolute atomic E-state index is 10.9. The summed E-state index contributed by atoms with van der Waals surface area (Å²) in [5, 5.41) is 20.2. The molecule has 4 fully saturated rings. The molecule has 4 aliphatic rings. The van der Waals surface area contributed by atoms with Gasteiger partial charge in [0.15, 0.2) is 0 Å². The molecule has 0 aliphatic heterocycles. The number of aliphatic hydroxyl groups excluding tert-OH is 1. The minimum absolute atomic E-state index is 0.0929. The van der Waals surface area contributed by atoms with E-state index in [2.05, 4.69) is 43.3 Å². The Morgan fingerprint density at radius 3 is 2.27 bits per heavy atom. The van der Waals surface area contributed by atoms with E-state index in [1.54, 1.807) is 0 Å². The van der Waals surface area contributed by atoms with E-state index in [0.29, 0.717) is 5.75 Å². The third-order valence-corrected chi connectivity index (χ3v) is 8.09. The van der Waals surface area contributed by atoms with E-state index in [1.165, 1.54) is 60.8 Å². The normalized spacial score (nSPS) is 30.1. The fourth-order valence-electron chi connectivity index (χ4n) is 7.18. The Kier molecular flexibility index (Phi) is 5.01. The van der Waals surface area contributed by atoms with Crippen molar-refractivity contribution in [2.45, 2.75) is 64.2 Å². The zero-order valence-electron chi connectivity index (χ0n) is 18.3. The van der Waals surface area contributed by atoms with E-state index in [-0.39, 0.29) is 12.0 Å². The van der Waals surface area contributed by atoms with Crippen LogP contribution in [0.15, 0.2) is 42.0 Å². The minimum Gasteiger partial charge on any atom is -0.508 e. The standard InChI is InChI=1S/C28H34O2/c1-3-23-12-19(8-18(2)17-29)4-6-25(23)24-5-7-27(30)26(13-24)28-14-20-9-21(15-28)11-22(10-20)16-28/h4-8,12-13,20-22,29-30H,3,9-11,14-17H2,1-2H3/b18-8+. The monoisotopic (exact) mass is 402 g/mol. The lowest BCUT2D eigenvalue weighted by atomic mass is 9.48. The number of rotatable bonds is 5. The number of hydrogen-bond donors (Lipinski definition) is 2. The van der Waals surface area contributed by atoms with Crippen molar-refractivity contribution in [2.24, 2.45) is 17.8 Å². The summed E-state index contributed by atoms with van der Waals surface area (Å²) in [6.07, 6.45) is 11.1. The van der Waals surface area contributed by atoms with Gasteiger partial charge in [-0.15, -0.1) is 0 Å². The molecule has 30 heavy (non-hydrogen) atoms. The number of aliphatic hydroxyl groups is 1. The van der Waals surface area contributed by atoms with Crippen LogP contribution in [0.4, 0.5) is 0 Å². The second-order valence-electron chi connectivity index (χ2n) is 10.3. The predicted molar refractivity (Wildman–Crippen MR) is 124 cm³/mol. The van der Waals surface area contributed by atoms with Gasteiger partial charge in [0, 0.05) is 5.56 Å².